The third-order valence-corrected chi connectivity index (χ3v) is 2.84. The summed E-state index contributed by atoms with van der Waals surface area (Å²) in [5.41, 5.74) is 3.07. The summed E-state index contributed by atoms with van der Waals surface area (Å²) < 4.78 is 14.2. The molecule has 2 rings (SSSR count). The Morgan fingerprint density at radius 1 is 1.21 bits per heavy atom. The highest BCUT2D eigenvalue weighted by Crippen LogP contribution is 2.10. The van der Waals surface area contributed by atoms with Crippen LogP contribution in [0.3, 0.4) is 0 Å². The first-order valence-electron chi connectivity index (χ1n) is 5.50. The van der Waals surface area contributed by atoms with Crippen molar-refractivity contribution < 1.29 is 9.18 Å². The van der Waals surface area contributed by atoms with Crippen LogP contribution in [0, 0.1) is 5.82 Å². The largest absolute Gasteiger partial charge is 0.274 e. The minimum absolute atomic E-state index is 0.0334. The first kappa shape index (κ1) is 13.4. The van der Waals surface area contributed by atoms with Crippen molar-refractivity contribution in [1.82, 2.24) is 5.43 Å². The van der Waals surface area contributed by atoms with Gasteiger partial charge in [0.1, 0.15) is 5.82 Å². The van der Waals surface area contributed by atoms with E-state index in [0.717, 1.165) is 10.0 Å². The fourth-order valence-electron chi connectivity index (χ4n) is 1.46. The highest BCUT2D eigenvalue weighted by Gasteiger charge is 2.08. The molecule has 0 aliphatic heterocycles. The van der Waals surface area contributed by atoms with E-state index in [1.165, 1.54) is 24.4 Å². The Labute approximate surface area is 118 Å². The molecule has 0 aliphatic rings. The lowest BCUT2D eigenvalue weighted by Crippen LogP contribution is -2.18. The van der Waals surface area contributed by atoms with Gasteiger partial charge in [-0.2, -0.15) is 5.10 Å². The predicted octanol–water partition coefficient (Wildman–Crippen LogP) is 3.35. The minimum atomic E-state index is -0.579. The van der Waals surface area contributed by atoms with Crippen LogP contribution in [0.2, 0.25) is 0 Å². The van der Waals surface area contributed by atoms with E-state index in [-0.39, 0.29) is 5.56 Å². The van der Waals surface area contributed by atoms with Crippen LogP contribution in [0.5, 0.6) is 0 Å². The van der Waals surface area contributed by atoms with E-state index in [1.807, 2.05) is 24.3 Å². The summed E-state index contributed by atoms with van der Waals surface area (Å²) in [6.07, 6.45) is 1.49. The molecule has 1 amide bonds. The van der Waals surface area contributed by atoms with E-state index in [2.05, 4.69) is 26.5 Å². The van der Waals surface area contributed by atoms with E-state index in [4.69, 9.17) is 0 Å². The average molecular weight is 321 g/mol. The lowest BCUT2D eigenvalue weighted by molar-refractivity contribution is 0.0951. The van der Waals surface area contributed by atoms with Gasteiger partial charge in [-0.25, -0.2) is 9.82 Å². The summed E-state index contributed by atoms with van der Waals surface area (Å²) in [5.74, 6) is -1.15. The van der Waals surface area contributed by atoms with Crippen molar-refractivity contribution in [3.8, 4) is 0 Å². The molecule has 0 spiro atoms. The van der Waals surface area contributed by atoms with Crippen molar-refractivity contribution in [1.29, 1.82) is 0 Å². The number of carbonyl (C=O) groups excluding carboxylic acids is 1. The Morgan fingerprint density at radius 2 is 2.00 bits per heavy atom. The van der Waals surface area contributed by atoms with Gasteiger partial charge in [0, 0.05) is 4.47 Å². The summed E-state index contributed by atoms with van der Waals surface area (Å²) >= 11 is 3.33. The van der Waals surface area contributed by atoms with Gasteiger partial charge in [0.05, 0.1) is 11.8 Å². The molecule has 96 valence electrons. The Hall–Kier alpha value is -2.01. The lowest BCUT2D eigenvalue weighted by atomic mass is 10.2. The third-order valence-electron chi connectivity index (χ3n) is 2.35. The number of hydrogen-bond donors (Lipinski definition) is 1. The Kier molecular flexibility index (Phi) is 4.41. The van der Waals surface area contributed by atoms with E-state index < -0.39 is 11.7 Å². The maximum Gasteiger partial charge on any atom is 0.274 e. The van der Waals surface area contributed by atoms with Crippen molar-refractivity contribution >= 4 is 28.1 Å². The molecule has 0 unspecified atom stereocenters. The van der Waals surface area contributed by atoms with Crippen LogP contribution in [0.4, 0.5) is 4.39 Å². The molecule has 19 heavy (non-hydrogen) atoms. The first-order valence-corrected chi connectivity index (χ1v) is 6.29. The van der Waals surface area contributed by atoms with Crippen LogP contribution >= 0.6 is 15.9 Å². The van der Waals surface area contributed by atoms with Crippen LogP contribution in [-0.4, -0.2) is 12.1 Å². The second-order valence-corrected chi connectivity index (χ2v) is 4.65. The molecule has 0 radical (unpaired) electrons. The van der Waals surface area contributed by atoms with Gasteiger partial charge in [-0.3, -0.25) is 4.79 Å². The predicted molar refractivity (Wildman–Crippen MR) is 75.6 cm³/mol. The molecule has 1 N–H and O–H groups in total. The van der Waals surface area contributed by atoms with E-state index in [9.17, 15) is 9.18 Å². The molecular weight excluding hydrogens is 311 g/mol. The number of hydrazone groups is 1. The molecule has 5 heteroatoms. The summed E-state index contributed by atoms with van der Waals surface area (Å²) in [5, 5.41) is 3.79. The van der Waals surface area contributed by atoms with Gasteiger partial charge < -0.3 is 0 Å². The van der Waals surface area contributed by atoms with Gasteiger partial charge in [-0.1, -0.05) is 40.2 Å². The zero-order valence-corrected chi connectivity index (χ0v) is 11.4. The second-order valence-electron chi connectivity index (χ2n) is 3.73. The SMILES string of the molecule is O=C(NN=Cc1cccc(Br)c1)c1ccccc1F. The fourth-order valence-corrected chi connectivity index (χ4v) is 1.87. The Morgan fingerprint density at radius 3 is 2.74 bits per heavy atom. The molecule has 2 aromatic carbocycles. The number of nitrogens with zero attached hydrogens (tertiary/aromatic N) is 1. The molecule has 0 bridgehead atoms. The molecule has 0 saturated carbocycles. The normalized spacial score (nSPS) is 10.6. The van der Waals surface area contributed by atoms with Crippen LogP contribution < -0.4 is 5.43 Å². The highest BCUT2D eigenvalue weighted by atomic mass is 79.9. The van der Waals surface area contributed by atoms with Crippen LogP contribution in [-0.2, 0) is 0 Å². The van der Waals surface area contributed by atoms with Crippen molar-refractivity contribution in [2.75, 3.05) is 0 Å². The average Bonchev–Trinajstić information content (AvgIpc) is 2.39. The molecule has 2 aromatic rings. The van der Waals surface area contributed by atoms with Gasteiger partial charge in [-0.05, 0) is 29.8 Å². The van der Waals surface area contributed by atoms with E-state index in [1.54, 1.807) is 6.07 Å². The quantitative estimate of drug-likeness (QED) is 0.684. The number of amides is 1. The molecule has 0 aromatic heterocycles. The zero-order valence-electron chi connectivity index (χ0n) is 9.81. The molecule has 3 nitrogen and oxygen atoms in total. The van der Waals surface area contributed by atoms with Crippen molar-refractivity contribution in [3.05, 3.63) is 69.9 Å². The molecule has 0 aliphatic carbocycles. The number of hydrogen-bond acceptors (Lipinski definition) is 2. The van der Waals surface area contributed by atoms with Gasteiger partial charge in [0.2, 0.25) is 0 Å². The standard InChI is InChI=1S/C14H10BrFN2O/c15-11-5-3-4-10(8-11)9-17-18-14(19)12-6-1-2-7-13(12)16/h1-9H,(H,18,19). The molecule has 0 fully saturated rings. The number of rotatable bonds is 3. The number of carbonyl (C=O) groups is 1. The third kappa shape index (κ3) is 3.72. The summed E-state index contributed by atoms with van der Waals surface area (Å²) in [4.78, 5) is 11.6. The molecule has 0 saturated heterocycles. The topological polar surface area (TPSA) is 41.5 Å². The van der Waals surface area contributed by atoms with Gasteiger partial charge in [0.15, 0.2) is 0 Å². The first-order chi connectivity index (χ1) is 9.16. The van der Waals surface area contributed by atoms with Gasteiger partial charge in [-0.15, -0.1) is 0 Å². The van der Waals surface area contributed by atoms with Gasteiger partial charge in [0.25, 0.3) is 5.91 Å². The summed E-state index contributed by atoms with van der Waals surface area (Å²) in [6, 6.07) is 13.2. The van der Waals surface area contributed by atoms with Crippen LogP contribution in [0.15, 0.2) is 58.1 Å². The molecule has 0 heterocycles. The monoisotopic (exact) mass is 320 g/mol. The number of nitrogens with one attached hydrogen (secondary N) is 1. The maximum atomic E-state index is 13.3. The number of halogens is 2. The molecule has 0 atom stereocenters. The minimum Gasteiger partial charge on any atom is -0.267 e. The maximum absolute atomic E-state index is 13.3. The van der Waals surface area contributed by atoms with Crippen molar-refractivity contribution in [2.45, 2.75) is 0 Å². The van der Waals surface area contributed by atoms with Gasteiger partial charge >= 0.3 is 0 Å². The summed E-state index contributed by atoms with van der Waals surface area (Å²) in [7, 11) is 0. The van der Waals surface area contributed by atoms with Crippen LogP contribution in [0.25, 0.3) is 0 Å². The fraction of sp³-hybridized carbons (Fsp3) is 0. The van der Waals surface area contributed by atoms with E-state index in [0.29, 0.717) is 0 Å². The van der Waals surface area contributed by atoms with Crippen molar-refractivity contribution in [2.24, 2.45) is 5.10 Å². The number of benzene rings is 2. The summed E-state index contributed by atoms with van der Waals surface area (Å²) in [6.45, 7) is 0. The van der Waals surface area contributed by atoms with E-state index >= 15 is 0 Å². The Balaban J connectivity index is 2.03. The Bertz CT molecular complexity index is 628. The smallest absolute Gasteiger partial charge is 0.267 e. The molecular formula is C14H10BrFN2O. The second kappa shape index (κ2) is 6.24. The lowest BCUT2D eigenvalue weighted by Gasteiger charge is -2.00. The van der Waals surface area contributed by atoms with Crippen molar-refractivity contribution in [3.63, 3.8) is 0 Å². The zero-order chi connectivity index (χ0) is 13.7. The van der Waals surface area contributed by atoms with Crippen LogP contribution in [0.1, 0.15) is 15.9 Å². The highest BCUT2D eigenvalue weighted by molar-refractivity contribution is 9.10.